The van der Waals surface area contributed by atoms with Crippen molar-refractivity contribution in [1.82, 2.24) is 0 Å². The van der Waals surface area contributed by atoms with E-state index in [-0.39, 0.29) is 5.75 Å². The van der Waals surface area contributed by atoms with Crippen LogP contribution in [0.5, 0.6) is 11.5 Å². The zero-order valence-electron chi connectivity index (χ0n) is 14.4. The fourth-order valence-corrected chi connectivity index (χ4v) is 2.06. The van der Waals surface area contributed by atoms with Crippen LogP contribution in [-0.4, -0.2) is 38.0 Å². The van der Waals surface area contributed by atoms with E-state index in [0.29, 0.717) is 23.3 Å². The Morgan fingerprint density at radius 1 is 1.12 bits per heavy atom. The average Bonchev–Trinajstić information content (AvgIpc) is 2.66. The fourth-order valence-electron chi connectivity index (χ4n) is 2.06. The maximum atomic E-state index is 12.0. The number of para-hydroxylation sites is 1. The standard InChI is InChI=1S/C19H19NO6/c1-13(19(23)20-15-6-4-3-5-7-15)26-18(22)12-25-16-9-8-14(11-21)10-17(16)24-2/h3-11,13H,12H2,1-2H3,(H,20,23)/t13-/m0/s1. The molecule has 0 fully saturated rings. The molecule has 0 aliphatic rings. The molecule has 0 aromatic heterocycles. The third-order valence-electron chi connectivity index (χ3n) is 3.39. The summed E-state index contributed by atoms with van der Waals surface area (Å²) in [6.45, 7) is 1.06. The van der Waals surface area contributed by atoms with Gasteiger partial charge in [-0.1, -0.05) is 18.2 Å². The SMILES string of the molecule is COc1cc(C=O)ccc1OCC(=O)O[C@@H](C)C(=O)Nc1ccccc1. The van der Waals surface area contributed by atoms with Crippen molar-refractivity contribution in [2.45, 2.75) is 13.0 Å². The number of amides is 1. The number of nitrogens with one attached hydrogen (secondary N) is 1. The summed E-state index contributed by atoms with van der Waals surface area (Å²) in [5.74, 6) is -0.548. The molecule has 2 rings (SSSR count). The predicted molar refractivity (Wildman–Crippen MR) is 94.5 cm³/mol. The highest BCUT2D eigenvalue weighted by Gasteiger charge is 2.18. The first kappa shape index (κ1) is 19.0. The number of carbonyl (C=O) groups is 3. The normalized spacial score (nSPS) is 11.2. The van der Waals surface area contributed by atoms with Gasteiger partial charge in [-0.3, -0.25) is 9.59 Å². The fraction of sp³-hybridized carbons (Fsp3) is 0.211. The van der Waals surface area contributed by atoms with Gasteiger partial charge in [0.05, 0.1) is 7.11 Å². The molecule has 7 nitrogen and oxygen atoms in total. The van der Waals surface area contributed by atoms with Crippen molar-refractivity contribution in [3.05, 3.63) is 54.1 Å². The molecule has 0 aliphatic carbocycles. The second-order valence-corrected chi connectivity index (χ2v) is 5.30. The molecule has 136 valence electrons. The highest BCUT2D eigenvalue weighted by molar-refractivity contribution is 5.95. The molecule has 26 heavy (non-hydrogen) atoms. The van der Waals surface area contributed by atoms with Crippen molar-refractivity contribution >= 4 is 23.9 Å². The van der Waals surface area contributed by atoms with Gasteiger partial charge in [-0.2, -0.15) is 0 Å². The molecule has 7 heteroatoms. The van der Waals surface area contributed by atoms with E-state index in [9.17, 15) is 14.4 Å². The Hall–Kier alpha value is -3.35. The van der Waals surface area contributed by atoms with Gasteiger partial charge in [0, 0.05) is 11.3 Å². The van der Waals surface area contributed by atoms with E-state index in [1.807, 2.05) is 6.07 Å². The largest absolute Gasteiger partial charge is 0.493 e. The van der Waals surface area contributed by atoms with Gasteiger partial charge in [-0.15, -0.1) is 0 Å². The number of hydrogen-bond acceptors (Lipinski definition) is 6. The lowest BCUT2D eigenvalue weighted by atomic mass is 10.2. The number of rotatable bonds is 8. The van der Waals surface area contributed by atoms with Crippen molar-refractivity contribution in [2.75, 3.05) is 19.0 Å². The number of anilines is 1. The van der Waals surface area contributed by atoms with Crippen molar-refractivity contribution in [3.8, 4) is 11.5 Å². The molecule has 0 bridgehead atoms. The number of esters is 1. The number of carbonyl (C=O) groups excluding carboxylic acids is 3. The van der Waals surface area contributed by atoms with Gasteiger partial charge >= 0.3 is 5.97 Å². The van der Waals surface area contributed by atoms with Gasteiger partial charge in [-0.25, -0.2) is 4.79 Å². The van der Waals surface area contributed by atoms with Gasteiger partial charge in [0.1, 0.15) is 6.29 Å². The maximum absolute atomic E-state index is 12.0. The molecule has 0 unspecified atom stereocenters. The van der Waals surface area contributed by atoms with Gasteiger partial charge in [-0.05, 0) is 37.3 Å². The minimum atomic E-state index is -0.981. The number of methoxy groups -OCH3 is 1. The number of aldehydes is 1. The van der Waals surface area contributed by atoms with Crippen LogP contribution in [0.2, 0.25) is 0 Å². The average molecular weight is 357 g/mol. The molecule has 1 amide bonds. The van der Waals surface area contributed by atoms with Crippen LogP contribution in [-0.2, 0) is 14.3 Å². The lowest BCUT2D eigenvalue weighted by molar-refractivity contribution is -0.155. The van der Waals surface area contributed by atoms with Crippen molar-refractivity contribution in [1.29, 1.82) is 0 Å². The van der Waals surface area contributed by atoms with Crippen LogP contribution in [0.15, 0.2) is 48.5 Å². The number of benzene rings is 2. The van der Waals surface area contributed by atoms with Crippen LogP contribution in [0.4, 0.5) is 5.69 Å². The number of ether oxygens (including phenoxy) is 3. The van der Waals surface area contributed by atoms with Crippen molar-refractivity contribution < 1.29 is 28.6 Å². The third kappa shape index (κ3) is 5.34. The lowest BCUT2D eigenvalue weighted by Crippen LogP contribution is -2.31. The van der Waals surface area contributed by atoms with E-state index in [1.54, 1.807) is 24.3 Å². The summed E-state index contributed by atoms with van der Waals surface area (Å²) in [4.78, 5) is 34.7. The monoisotopic (exact) mass is 357 g/mol. The molecular formula is C19H19NO6. The minimum absolute atomic E-state index is 0.288. The molecule has 0 saturated carbocycles. The topological polar surface area (TPSA) is 90.9 Å². The first-order valence-corrected chi connectivity index (χ1v) is 7.85. The Labute approximate surface area is 150 Å². The Balaban J connectivity index is 1.86. The van der Waals surface area contributed by atoms with Gasteiger partial charge in [0.25, 0.3) is 5.91 Å². The van der Waals surface area contributed by atoms with Crippen molar-refractivity contribution in [2.24, 2.45) is 0 Å². The molecule has 0 saturated heterocycles. The molecule has 0 heterocycles. The first-order chi connectivity index (χ1) is 12.5. The zero-order chi connectivity index (χ0) is 18.9. The molecule has 1 atom stereocenters. The van der Waals surface area contributed by atoms with E-state index < -0.39 is 24.6 Å². The highest BCUT2D eigenvalue weighted by atomic mass is 16.6. The molecule has 0 spiro atoms. The van der Waals surface area contributed by atoms with E-state index >= 15 is 0 Å². The second kappa shape index (κ2) is 9.22. The van der Waals surface area contributed by atoms with Crippen LogP contribution < -0.4 is 14.8 Å². The summed E-state index contributed by atoms with van der Waals surface area (Å²) < 4.78 is 15.5. The van der Waals surface area contributed by atoms with Crippen LogP contribution in [0.1, 0.15) is 17.3 Å². The minimum Gasteiger partial charge on any atom is -0.493 e. The van der Waals surface area contributed by atoms with E-state index in [0.717, 1.165) is 0 Å². The molecule has 2 aromatic rings. The Kier molecular flexibility index (Phi) is 6.73. The lowest BCUT2D eigenvalue weighted by Gasteiger charge is -2.14. The molecular weight excluding hydrogens is 338 g/mol. The third-order valence-corrected chi connectivity index (χ3v) is 3.39. The first-order valence-electron chi connectivity index (χ1n) is 7.85. The summed E-state index contributed by atoms with van der Waals surface area (Å²) in [5.41, 5.74) is 1.03. The summed E-state index contributed by atoms with van der Waals surface area (Å²) in [7, 11) is 1.42. The van der Waals surface area contributed by atoms with Gasteiger partial charge < -0.3 is 19.5 Å². The maximum Gasteiger partial charge on any atom is 0.344 e. The molecule has 0 radical (unpaired) electrons. The summed E-state index contributed by atoms with van der Waals surface area (Å²) in [5, 5.41) is 2.64. The number of hydrogen-bond donors (Lipinski definition) is 1. The smallest absolute Gasteiger partial charge is 0.344 e. The van der Waals surface area contributed by atoms with Crippen LogP contribution in [0.3, 0.4) is 0 Å². The quantitative estimate of drug-likeness (QED) is 0.576. The Morgan fingerprint density at radius 3 is 2.50 bits per heavy atom. The Bertz CT molecular complexity index is 775. The van der Waals surface area contributed by atoms with Crippen LogP contribution in [0, 0.1) is 0 Å². The van der Waals surface area contributed by atoms with Crippen LogP contribution in [0.25, 0.3) is 0 Å². The van der Waals surface area contributed by atoms with E-state index in [1.165, 1.54) is 32.2 Å². The second-order valence-electron chi connectivity index (χ2n) is 5.30. The van der Waals surface area contributed by atoms with Gasteiger partial charge in [0.2, 0.25) is 0 Å². The summed E-state index contributed by atoms with van der Waals surface area (Å²) >= 11 is 0. The molecule has 1 N–H and O–H groups in total. The van der Waals surface area contributed by atoms with E-state index in [4.69, 9.17) is 14.2 Å². The molecule has 0 aliphatic heterocycles. The zero-order valence-corrected chi connectivity index (χ0v) is 14.4. The molecule has 2 aromatic carbocycles. The summed E-state index contributed by atoms with van der Waals surface area (Å²) in [6.07, 6.45) is -0.307. The Morgan fingerprint density at radius 2 is 1.85 bits per heavy atom. The highest BCUT2D eigenvalue weighted by Crippen LogP contribution is 2.27. The summed E-state index contributed by atoms with van der Waals surface area (Å²) in [6, 6.07) is 13.4. The van der Waals surface area contributed by atoms with Crippen LogP contribution >= 0.6 is 0 Å². The van der Waals surface area contributed by atoms with E-state index in [2.05, 4.69) is 5.32 Å². The van der Waals surface area contributed by atoms with Crippen molar-refractivity contribution in [3.63, 3.8) is 0 Å². The predicted octanol–water partition coefficient (Wildman–Crippen LogP) is 2.46. The van der Waals surface area contributed by atoms with Gasteiger partial charge in [0.15, 0.2) is 24.2 Å².